The number of methoxy groups -OCH3 is 1. The molecule has 0 aliphatic rings. The van der Waals surface area contributed by atoms with Gasteiger partial charge in [0.1, 0.15) is 12.4 Å². The van der Waals surface area contributed by atoms with Gasteiger partial charge in [-0.25, -0.2) is 0 Å². The van der Waals surface area contributed by atoms with Crippen molar-refractivity contribution in [2.24, 2.45) is 4.99 Å². The first-order valence-corrected chi connectivity index (χ1v) is 9.50. The fourth-order valence-corrected chi connectivity index (χ4v) is 3.01. The number of benzene rings is 2. The van der Waals surface area contributed by atoms with Crippen molar-refractivity contribution in [2.75, 3.05) is 33.9 Å². The lowest BCUT2D eigenvalue weighted by molar-refractivity contribution is 0.146. The molecule has 0 unspecified atom stereocenters. The van der Waals surface area contributed by atoms with Crippen LogP contribution in [0.5, 0.6) is 5.75 Å². The molecule has 0 saturated heterocycles. The molecule has 0 aliphatic carbocycles. The van der Waals surface area contributed by atoms with Crippen LogP contribution in [0.3, 0.4) is 0 Å². The van der Waals surface area contributed by atoms with E-state index in [4.69, 9.17) is 9.47 Å². The van der Waals surface area contributed by atoms with Crippen LogP contribution in [0, 0.1) is 0 Å². The van der Waals surface area contributed by atoms with Crippen molar-refractivity contribution in [2.45, 2.75) is 13.0 Å². The summed E-state index contributed by atoms with van der Waals surface area (Å²) in [6, 6.07) is 16.4. The Kier molecular flexibility index (Phi) is 7.32. The molecule has 0 spiro atoms. The average molecular weight is 380 g/mol. The van der Waals surface area contributed by atoms with Gasteiger partial charge in [0.05, 0.1) is 6.61 Å². The summed E-state index contributed by atoms with van der Waals surface area (Å²) >= 11 is 0. The molecule has 1 heterocycles. The first-order valence-electron chi connectivity index (χ1n) is 9.50. The Morgan fingerprint density at radius 1 is 1.04 bits per heavy atom. The predicted molar refractivity (Wildman–Crippen MR) is 114 cm³/mol. The Hall–Kier alpha value is -2.99. The monoisotopic (exact) mass is 380 g/mol. The van der Waals surface area contributed by atoms with Crippen molar-refractivity contribution in [1.29, 1.82) is 0 Å². The first-order chi connectivity index (χ1) is 13.8. The second-order valence-electron chi connectivity index (χ2n) is 6.45. The number of nitrogens with zero attached hydrogens (tertiary/aromatic N) is 1. The van der Waals surface area contributed by atoms with Crippen molar-refractivity contribution in [3.63, 3.8) is 0 Å². The van der Waals surface area contributed by atoms with Gasteiger partial charge in [-0.05, 0) is 35.7 Å². The number of H-pyrrole nitrogens is 1. The second kappa shape index (κ2) is 10.4. The molecule has 0 atom stereocenters. The van der Waals surface area contributed by atoms with Gasteiger partial charge in [-0.3, -0.25) is 4.99 Å². The standard InChI is InChI=1S/C22H28N4O2/c1-23-22(24-12-11-18-16-25-21-6-4-3-5-20(18)21)26-15-17-7-9-19(10-8-17)28-14-13-27-2/h3-10,16,25H,11-15H2,1-2H3,(H2,23,24,26). The van der Waals surface area contributed by atoms with E-state index in [2.05, 4.69) is 45.0 Å². The molecule has 1 aromatic heterocycles. The van der Waals surface area contributed by atoms with Gasteiger partial charge in [0, 0.05) is 44.3 Å². The molecular formula is C22H28N4O2. The highest BCUT2D eigenvalue weighted by Crippen LogP contribution is 2.17. The van der Waals surface area contributed by atoms with Gasteiger partial charge in [0.25, 0.3) is 0 Å². The lowest BCUT2D eigenvalue weighted by Crippen LogP contribution is -2.37. The van der Waals surface area contributed by atoms with Crippen molar-refractivity contribution in [3.05, 3.63) is 65.9 Å². The van der Waals surface area contributed by atoms with Crippen LogP contribution < -0.4 is 15.4 Å². The quantitative estimate of drug-likeness (QED) is 0.303. The van der Waals surface area contributed by atoms with Crippen LogP contribution in [0.25, 0.3) is 10.9 Å². The number of hydrogen-bond acceptors (Lipinski definition) is 3. The first kappa shape index (κ1) is 19.8. The molecule has 0 radical (unpaired) electrons. The zero-order valence-electron chi connectivity index (χ0n) is 16.5. The summed E-state index contributed by atoms with van der Waals surface area (Å²) in [7, 11) is 3.45. The van der Waals surface area contributed by atoms with Crippen LogP contribution in [0.1, 0.15) is 11.1 Å². The molecule has 6 nitrogen and oxygen atoms in total. The largest absolute Gasteiger partial charge is 0.491 e. The molecule has 3 N–H and O–H groups in total. The Labute approximate surface area is 166 Å². The lowest BCUT2D eigenvalue weighted by Gasteiger charge is -2.12. The molecule has 6 heteroatoms. The van der Waals surface area contributed by atoms with E-state index in [1.165, 1.54) is 22.0 Å². The minimum Gasteiger partial charge on any atom is -0.491 e. The number of rotatable bonds is 9. The fraction of sp³-hybridized carbons (Fsp3) is 0.318. The van der Waals surface area contributed by atoms with E-state index in [1.807, 2.05) is 30.3 Å². The SMILES string of the molecule is CN=C(NCCc1c[nH]c2ccccc12)NCc1ccc(OCCOC)cc1. The maximum Gasteiger partial charge on any atom is 0.191 e. The van der Waals surface area contributed by atoms with E-state index in [-0.39, 0.29) is 0 Å². The van der Waals surface area contributed by atoms with E-state index in [0.717, 1.165) is 24.7 Å². The number of nitrogens with one attached hydrogen (secondary N) is 3. The third-order valence-corrected chi connectivity index (χ3v) is 4.52. The normalized spacial score (nSPS) is 11.6. The summed E-state index contributed by atoms with van der Waals surface area (Å²) in [6.07, 6.45) is 3.01. The van der Waals surface area contributed by atoms with Crippen molar-refractivity contribution in [1.82, 2.24) is 15.6 Å². The Bertz CT molecular complexity index is 887. The highest BCUT2D eigenvalue weighted by atomic mass is 16.5. The number of aromatic nitrogens is 1. The van der Waals surface area contributed by atoms with Crippen LogP contribution in [0.4, 0.5) is 0 Å². The summed E-state index contributed by atoms with van der Waals surface area (Å²) < 4.78 is 10.6. The molecule has 148 valence electrons. The molecule has 3 rings (SSSR count). The van der Waals surface area contributed by atoms with Gasteiger partial charge in [0.15, 0.2) is 5.96 Å². The topological polar surface area (TPSA) is 70.7 Å². The van der Waals surface area contributed by atoms with Gasteiger partial charge in [0.2, 0.25) is 0 Å². The van der Waals surface area contributed by atoms with Crippen molar-refractivity contribution < 1.29 is 9.47 Å². The summed E-state index contributed by atoms with van der Waals surface area (Å²) in [5.74, 6) is 1.64. The maximum atomic E-state index is 5.58. The smallest absolute Gasteiger partial charge is 0.191 e. The minimum absolute atomic E-state index is 0.557. The van der Waals surface area contributed by atoms with E-state index >= 15 is 0 Å². The van der Waals surface area contributed by atoms with Crippen LogP contribution in [0.15, 0.2) is 59.7 Å². The molecule has 28 heavy (non-hydrogen) atoms. The Balaban J connectivity index is 1.43. The lowest BCUT2D eigenvalue weighted by atomic mass is 10.1. The third kappa shape index (κ3) is 5.50. The van der Waals surface area contributed by atoms with Gasteiger partial charge < -0.3 is 25.1 Å². The highest BCUT2D eigenvalue weighted by molar-refractivity contribution is 5.83. The van der Waals surface area contributed by atoms with E-state index < -0.39 is 0 Å². The average Bonchev–Trinajstić information content (AvgIpc) is 3.15. The van der Waals surface area contributed by atoms with Gasteiger partial charge >= 0.3 is 0 Å². The summed E-state index contributed by atoms with van der Waals surface area (Å²) in [5.41, 5.74) is 3.65. The summed E-state index contributed by atoms with van der Waals surface area (Å²) in [5, 5.41) is 8.00. The van der Waals surface area contributed by atoms with E-state index in [1.54, 1.807) is 14.2 Å². The maximum absolute atomic E-state index is 5.58. The zero-order chi connectivity index (χ0) is 19.6. The van der Waals surface area contributed by atoms with Gasteiger partial charge in [-0.15, -0.1) is 0 Å². The predicted octanol–water partition coefficient (Wildman–Crippen LogP) is 3.10. The molecule has 0 aliphatic heterocycles. The molecule has 3 aromatic rings. The van der Waals surface area contributed by atoms with Gasteiger partial charge in [-0.2, -0.15) is 0 Å². The highest BCUT2D eigenvalue weighted by Gasteiger charge is 2.04. The zero-order valence-corrected chi connectivity index (χ0v) is 16.5. The van der Waals surface area contributed by atoms with Crippen LogP contribution in [-0.2, 0) is 17.7 Å². The van der Waals surface area contributed by atoms with Crippen LogP contribution >= 0.6 is 0 Å². The second-order valence-corrected chi connectivity index (χ2v) is 6.45. The Morgan fingerprint density at radius 3 is 2.64 bits per heavy atom. The number of aliphatic imine (C=N–C) groups is 1. The number of hydrogen-bond donors (Lipinski definition) is 3. The fourth-order valence-electron chi connectivity index (χ4n) is 3.01. The number of fused-ring (bicyclic) bond motifs is 1. The van der Waals surface area contributed by atoms with Gasteiger partial charge in [-0.1, -0.05) is 30.3 Å². The van der Waals surface area contributed by atoms with Crippen LogP contribution in [0.2, 0.25) is 0 Å². The Morgan fingerprint density at radius 2 is 1.86 bits per heavy atom. The van der Waals surface area contributed by atoms with Crippen molar-refractivity contribution in [3.8, 4) is 5.75 Å². The summed E-state index contributed by atoms with van der Waals surface area (Å²) in [6.45, 7) is 2.66. The molecular weight excluding hydrogens is 352 g/mol. The third-order valence-electron chi connectivity index (χ3n) is 4.52. The molecule has 0 amide bonds. The molecule has 2 aromatic carbocycles. The van der Waals surface area contributed by atoms with E-state index in [0.29, 0.717) is 19.8 Å². The number of para-hydroxylation sites is 1. The minimum atomic E-state index is 0.557. The number of aromatic amines is 1. The van der Waals surface area contributed by atoms with Crippen molar-refractivity contribution >= 4 is 16.9 Å². The molecule has 0 fully saturated rings. The number of guanidine groups is 1. The summed E-state index contributed by atoms with van der Waals surface area (Å²) in [4.78, 5) is 7.62. The van der Waals surface area contributed by atoms with Crippen LogP contribution in [-0.4, -0.2) is 44.9 Å². The molecule has 0 bridgehead atoms. The van der Waals surface area contributed by atoms with E-state index in [9.17, 15) is 0 Å². The number of ether oxygens (including phenoxy) is 2. The molecule has 0 saturated carbocycles.